The van der Waals surface area contributed by atoms with Crippen molar-refractivity contribution in [2.45, 2.75) is 62.0 Å². The maximum Gasteiger partial charge on any atom is 0.288 e. The molecular weight excluding hydrogens is 356 g/mol. The van der Waals surface area contributed by atoms with E-state index in [0.717, 1.165) is 45.0 Å². The molecule has 1 saturated heterocycles. The van der Waals surface area contributed by atoms with Gasteiger partial charge in [0, 0.05) is 31.1 Å². The SMILES string of the molecule is CS(=O)(=O)c1cc(N2CCC(OC3CCCCC3)CC2)ccc1[N+](=O)[O-]. The molecule has 0 amide bonds. The predicted molar refractivity (Wildman–Crippen MR) is 99.4 cm³/mol. The summed E-state index contributed by atoms with van der Waals surface area (Å²) in [5.74, 6) is 0. The van der Waals surface area contributed by atoms with Crippen molar-refractivity contribution in [3.05, 3.63) is 28.3 Å². The van der Waals surface area contributed by atoms with Crippen LogP contribution in [0.25, 0.3) is 0 Å². The molecule has 1 aromatic rings. The molecular formula is C18H26N2O5S. The fourth-order valence-electron chi connectivity index (χ4n) is 3.87. The Kier molecular flexibility index (Phi) is 5.82. The Bertz CT molecular complexity index is 751. The van der Waals surface area contributed by atoms with Gasteiger partial charge in [-0.25, -0.2) is 8.42 Å². The molecule has 7 nitrogen and oxygen atoms in total. The van der Waals surface area contributed by atoms with Crippen molar-refractivity contribution >= 4 is 21.2 Å². The molecule has 0 radical (unpaired) electrons. The molecule has 0 spiro atoms. The highest BCUT2D eigenvalue weighted by atomic mass is 32.2. The Morgan fingerprint density at radius 3 is 2.27 bits per heavy atom. The monoisotopic (exact) mass is 382 g/mol. The lowest BCUT2D eigenvalue weighted by Crippen LogP contribution is -2.38. The summed E-state index contributed by atoms with van der Waals surface area (Å²) in [5.41, 5.74) is 0.346. The summed E-state index contributed by atoms with van der Waals surface area (Å²) in [5, 5.41) is 11.1. The quantitative estimate of drug-likeness (QED) is 0.573. The zero-order valence-electron chi connectivity index (χ0n) is 15.1. The Labute approximate surface area is 154 Å². The first kappa shape index (κ1) is 19.1. The minimum Gasteiger partial charge on any atom is -0.375 e. The van der Waals surface area contributed by atoms with Crippen LogP contribution in [0.4, 0.5) is 11.4 Å². The molecule has 1 saturated carbocycles. The number of anilines is 1. The number of rotatable bonds is 5. The lowest BCUT2D eigenvalue weighted by molar-refractivity contribution is -0.387. The molecule has 2 fully saturated rings. The van der Waals surface area contributed by atoms with Crippen molar-refractivity contribution in [1.82, 2.24) is 0 Å². The van der Waals surface area contributed by atoms with Crippen LogP contribution in [-0.2, 0) is 14.6 Å². The summed E-state index contributed by atoms with van der Waals surface area (Å²) in [6, 6.07) is 4.35. The van der Waals surface area contributed by atoms with E-state index in [0.29, 0.717) is 11.8 Å². The van der Waals surface area contributed by atoms with Gasteiger partial charge in [0.1, 0.15) is 4.90 Å². The highest BCUT2D eigenvalue weighted by Gasteiger charge is 2.27. The van der Waals surface area contributed by atoms with E-state index in [1.807, 2.05) is 0 Å². The molecule has 8 heteroatoms. The van der Waals surface area contributed by atoms with Crippen LogP contribution in [0.3, 0.4) is 0 Å². The second kappa shape index (κ2) is 7.92. The molecule has 0 unspecified atom stereocenters. The Balaban J connectivity index is 1.66. The summed E-state index contributed by atoms with van der Waals surface area (Å²) >= 11 is 0. The van der Waals surface area contributed by atoms with Gasteiger partial charge >= 0.3 is 0 Å². The van der Waals surface area contributed by atoms with Crippen LogP contribution in [0.5, 0.6) is 0 Å². The number of hydrogen-bond acceptors (Lipinski definition) is 6. The maximum absolute atomic E-state index is 11.9. The predicted octanol–water partition coefficient (Wildman–Crippen LogP) is 3.32. The smallest absolute Gasteiger partial charge is 0.288 e. The summed E-state index contributed by atoms with van der Waals surface area (Å²) in [6.45, 7) is 1.52. The van der Waals surface area contributed by atoms with Gasteiger partial charge in [0.25, 0.3) is 5.69 Å². The van der Waals surface area contributed by atoms with Crippen LogP contribution in [-0.4, -0.2) is 44.9 Å². The van der Waals surface area contributed by atoms with E-state index < -0.39 is 14.8 Å². The molecule has 2 aliphatic rings. The first-order valence-corrected chi connectivity index (χ1v) is 11.1. The molecule has 0 bridgehead atoms. The van der Waals surface area contributed by atoms with E-state index in [9.17, 15) is 18.5 Å². The van der Waals surface area contributed by atoms with Crippen molar-refractivity contribution in [3.63, 3.8) is 0 Å². The number of nitrogens with zero attached hydrogens (tertiary/aromatic N) is 2. The number of sulfone groups is 1. The largest absolute Gasteiger partial charge is 0.375 e. The average Bonchev–Trinajstić information content (AvgIpc) is 2.62. The minimum atomic E-state index is -3.66. The Morgan fingerprint density at radius 1 is 1.08 bits per heavy atom. The standard InChI is InChI=1S/C18H26N2O5S/c1-26(23,24)18-13-14(7-8-17(18)20(21)22)19-11-9-16(10-12-19)25-15-5-3-2-4-6-15/h7-8,13,15-16H,2-6,9-12H2,1H3. The van der Waals surface area contributed by atoms with Crippen molar-refractivity contribution in [2.75, 3.05) is 24.2 Å². The van der Waals surface area contributed by atoms with Gasteiger partial charge in [-0.05, 0) is 37.8 Å². The molecule has 1 heterocycles. The zero-order chi connectivity index (χ0) is 18.7. The van der Waals surface area contributed by atoms with Gasteiger partial charge in [-0.15, -0.1) is 0 Å². The molecule has 144 valence electrons. The van der Waals surface area contributed by atoms with Gasteiger partial charge in [0.15, 0.2) is 9.84 Å². The maximum atomic E-state index is 11.9. The van der Waals surface area contributed by atoms with Gasteiger partial charge < -0.3 is 9.64 Å². The molecule has 1 aliphatic carbocycles. The third-order valence-corrected chi connectivity index (χ3v) is 6.41. The summed E-state index contributed by atoms with van der Waals surface area (Å²) < 4.78 is 30.1. The molecule has 1 aliphatic heterocycles. The second-order valence-electron chi connectivity index (χ2n) is 7.26. The second-order valence-corrected chi connectivity index (χ2v) is 9.25. The van der Waals surface area contributed by atoms with Gasteiger partial charge in [0.05, 0.1) is 17.1 Å². The van der Waals surface area contributed by atoms with Crippen LogP contribution in [0.15, 0.2) is 23.1 Å². The van der Waals surface area contributed by atoms with E-state index in [4.69, 9.17) is 4.74 Å². The number of nitro groups is 1. The minimum absolute atomic E-state index is 0.222. The first-order chi connectivity index (χ1) is 12.3. The van der Waals surface area contributed by atoms with Gasteiger partial charge in [0.2, 0.25) is 0 Å². The van der Waals surface area contributed by atoms with Gasteiger partial charge in [-0.2, -0.15) is 0 Å². The Hall–Kier alpha value is -1.67. The molecule has 0 atom stereocenters. The number of piperidine rings is 1. The molecule has 26 heavy (non-hydrogen) atoms. The van der Waals surface area contributed by atoms with E-state index in [-0.39, 0.29) is 16.7 Å². The Morgan fingerprint density at radius 2 is 1.69 bits per heavy atom. The third-order valence-electron chi connectivity index (χ3n) is 5.28. The average molecular weight is 382 g/mol. The van der Waals surface area contributed by atoms with E-state index >= 15 is 0 Å². The molecule has 1 aromatic carbocycles. The lowest BCUT2D eigenvalue weighted by atomic mass is 9.97. The van der Waals surface area contributed by atoms with Crippen LogP contribution >= 0.6 is 0 Å². The van der Waals surface area contributed by atoms with Crippen molar-refractivity contribution in [2.24, 2.45) is 0 Å². The van der Waals surface area contributed by atoms with Gasteiger partial charge in [-0.1, -0.05) is 19.3 Å². The first-order valence-electron chi connectivity index (χ1n) is 9.23. The van der Waals surface area contributed by atoms with Crippen LogP contribution in [0.2, 0.25) is 0 Å². The van der Waals surface area contributed by atoms with Crippen LogP contribution < -0.4 is 4.90 Å². The fraction of sp³-hybridized carbons (Fsp3) is 0.667. The third kappa shape index (κ3) is 4.54. The van der Waals surface area contributed by atoms with E-state index in [1.165, 1.54) is 31.4 Å². The lowest BCUT2D eigenvalue weighted by Gasteiger charge is -2.36. The van der Waals surface area contributed by atoms with Crippen LogP contribution in [0.1, 0.15) is 44.9 Å². The fourth-order valence-corrected chi connectivity index (χ4v) is 4.73. The molecule has 3 rings (SSSR count). The number of benzene rings is 1. The van der Waals surface area contributed by atoms with Gasteiger partial charge in [-0.3, -0.25) is 10.1 Å². The highest BCUT2D eigenvalue weighted by Crippen LogP contribution is 2.31. The van der Waals surface area contributed by atoms with Crippen molar-refractivity contribution in [3.8, 4) is 0 Å². The zero-order valence-corrected chi connectivity index (χ0v) is 15.9. The topological polar surface area (TPSA) is 89.8 Å². The summed E-state index contributed by atoms with van der Waals surface area (Å²) in [6.07, 6.45) is 9.54. The summed E-state index contributed by atoms with van der Waals surface area (Å²) in [4.78, 5) is 12.3. The normalized spacial score (nSPS) is 20.3. The highest BCUT2D eigenvalue weighted by molar-refractivity contribution is 7.90. The van der Waals surface area contributed by atoms with Crippen molar-refractivity contribution < 1.29 is 18.1 Å². The number of ether oxygens (including phenoxy) is 1. The molecule has 0 N–H and O–H groups in total. The van der Waals surface area contributed by atoms with E-state index in [1.54, 1.807) is 6.07 Å². The van der Waals surface area contributed by atoms with E-state index in [2.05, 4.69) is 4.90 Å². The molecule has 0 aromatic heterocycles. The van der Waals surface area contributed by atoms with Crippen LogP contribution in [0, 0.1) is 10.1 Å². The number of hydrogen-bond donors (Lipinski definition) is 0. The van der Waals surface area contributed by atoms with Crippen molar-refractivity contribution in [1.29, 1.82) is 0 Å². The number of nitro benzene ring substituents is 1. The summed E-state index contributed by atoms with van der Waals surface area (Å²) in [7, 11) is -3.66.